The topological polar surface area (TPSA) is 17.8 Å². The number of hydrogen-bond donors (Lipinski definition) is 1. The van der Waals surface area contributed by atoms with Crippen LogP contribution in [-0.2, 0) is 0 Å². The van der Waals surface area contributed by atoms with Crippen molar-refractivity contribution in [1.29, 1.82) is 0 Å². The van der Waals surface area contributed by atoms with E-state index in [2.05, 4.69) is 77.2 Å². The lowest BCUT2D eigenvalue weighted by Gasteiger charge is -2.01. The molecular weight excluding hydrogens is 416 g/mol. The number of benzene rings is 3. The molecule has 2 nitrogen and oxygen atoms in total. The van der Waals surface area contributed by atoms with Gasteiger partial charge >= 0.3 is 0 Å². The Hall–Kier alpha value is -2.56. The van der Waals surface area contributed by atoms with Crippen LogP contribution in [0.25, 0.3) is 29.1 Å². The highest BCUT2D eigenvalue weighted by Crippen LogP contribution is 2.27. The zero-order chi connectivity index (χ0) is 18.6. The molecule has 27 heavy (non-hydrogen) atoms. The maximum Gasteiger partial charge on any atom is 0.0999 e. The van der Waals surface area contributed by atoms with Gasteiger partial charge in [-0.1, -0.05) is 76.6 Å². The summed E-state index contributed by atoms with van der Waals surface area (Å²) in [5, 5.41) is 4.85. The largest absolute Gasteiger partial charge is 0.240 e. The predicted molar refractivity (Wildman–Crippen MR) is 119 cm³/mol. The summed E-state index contributed by atoms with van der Waals surface area (Å²) in [7, 11) is 0. The standard InChI is InChI=1S/C23H17BrN2S/c24-20-14-12-18(13-15-20)23-19(11-10-17-6-4-5-9-22(17)27)16-26(25-23)21-7-2-1-3-8-21/h1-16,27H/b11-10+. The van der Waals surface area contributed by atoms with E-state index < -0.39 is 0 Å². The molecule has 0 N–H and O–H groups in total. The Labute approximate surface area is 172 Å². The highest BCUT2D eigenvalue weighted by atomic mass is 79.9. The van der Waals surface area contributed by atoms with Crippen molar-refractivity contribution in [3.8, 4) is 16.9 Å². The second-order valence-corrected chi connectivity index (χ2v) is 7.51. The van der Waals surface area contributed by atoms with Gasteiger partial charge in [-0.05, 0) is 35.9 Å². The van der Waals surface area contributed by atoms with Crippen LogP contribution in [0.2, 0.25) is 0 Å². The third kappa shape index (κ3) is 4.07. The Kier molecular flexibility index (Phi) is 5.28. The Morgan fingerprint density at radius 3 is 2.19 bits per heavy atom. The van der Waals surface area contributed by atoms with E-state index in [0.717, 1.165) is 37.4 Å². The van der Waals surface area contributed by atoms with Crippen LogP contribution in [0, 0.1) is 0 Å². The molecule has 3 aromatic carbocycles. The highest BCUT2D eigenvalue weighted by molar-refractivity contribution is 9.10. The summed E-state index contributed by atoms with van der Waals surface area (Å²) in [6, 6.07) is 26.4. The van der Waals surface area contributed by atoms with E-state index in [9.17, 15) is 0 Å². The Morgan fingerprint density at radius 2 is 1.44 bits per heavy atom. The van der Waals surface area contributed by atoms with E-state index in [4.69, 9.17) is 5.10 Å². The van der Waals surface area contributed by atoms with Crippen LogP contribution < -0.4 is 0 Å². The summed E-state index contributed by atoms with van der Waals surface area (Å²) >= 11 is 8.04. The minimum absolute atomic E-state index is 0.944. The molecule has 0 aliphatic rings. The van der Waals surface area contributed by atoms with Gasteiger partial charge in [-0.2, -0.15) is 5.10 Å². The van der Waals surface area contributed by atoms with Crippen molar-refractivity contribution in [3.05, 3.63) is 101 Å². The van der Waals surface area contributed by atoms with Gasteiger partial charge in [0.05, 0.1) is 11.4 Å². The molecular formula is C23H17BrN2S. The maximum absolute atomic E-state index is 4.85. The number of para-hydroxylation sites is 1. The molecule has 132 valence electrons. The van der Waals surface area contributed by atoms with E-state index in [1.807, 2.05) is 53.2 Å². The number of aromatic nitrogens is 2. The van der Waals surface area contributed by atoms with Crippen molar-refractivity contribution < 1.29 is 0 Å². The fourth-order valence-corrected chi connectivity index (χ4v) is 3.36. The number of hydrogen-bond acceptors (Lipinski definition) is 2. The van der Waals surface area contributed by atoms with Gasteiger partial charge < -0.3 is 0 Å². The normalized spacial score (nSPS) is 11.2. The number of halogens is 1. The summed E-state index contributed by atoms with van der Waals surface area (Å²) in [6.07, 6.45) is 6.24. The molecule has 1 heterocycles. The summed E-state index contributed by atoms with van der Waals surface area (Å²) < 4.78 is 2.97. The van der Waals surface area contributed by atoms with Gasteiger partial charge in [-0.25, -0.2) is 4.68 Å². The van der Waals surface area contributed by atoms with Gasteiger partial charge in [0.2, 0.25) is 0 Å². The Morgan fingerprint density at radius 1 is 0.778 bits per heavy atom. The molecule has 1 aromatic heterocycles. The summed E-state index contributed by atoms with van der Waals surface area (Å²) in [6.45, 7) is 0. The third-order valence-electron chi connectivity index (χ3n) is 4.26. The van der Waals surface area contributed by atoms with Crippen molar-refractivity contribution in [2.45, 2.75) is 4.90 Å². The molecule has 0 fully saturated rings. The van der Waals surface area contributed by atoms with Gasteiger partial charge in [-0.15, -0.1) is 12.6 Å². The number of nitrogens with zero attached hydrogens (tertiary/aromatic N) is 2. The fourth-order valence-electron chi connectivity index (χ4n) is 2.86. The lowest BCUT2D eigenvalue weighted by molar-refractivity contribution is 0.884. The predicted octanol–water partition coefficient (Wildman–Crippen LogP) is 6.76. The van der Waals surface area contributed by atoms with Crippen LogP contribution in [0.3, 0.4) is 0 Å². The van der Waals surface area contributed by atoms with E-state index in [-0.39, 0.29) is 0 Å². The Balaban J connectivity index is 1.80. The van der Waals surface area contributed by atoms with Gasteiger partial charge in [0, 0.05) is 26.7 Å². The highest BCUT2D eigenvalue weighted by Gasteiger charge is 2.10. The summed E-state index contributed by atoms with van der Waals surface area (Å²) in [5.74, 6) is 0. The molecule has 0 radical (unpaired) electrons. The molecule has 0 saturated carbocycles. The van der Waals surface area contributed by atoms with Crippen LogP contribution in [-0.4, -0.2) is 9.78 Å². The molecule has 0 spiro atoms. The minimum atomic E-state index is 0.944. The molecule has 0 aliphatic heterocycles. The van der Waals surface area contributed by atoms with Gasteiger partial charge in [0.1, 0.15) is 0 Å². The maximum atomic E-state index is 4.85. The second-order valence-electron chi connectivity index (χ2n) is 6.11. The lowest BCUT2D eigenvalue weighted by Crippen LogP contribution is -1.93. The van der Waals surface area contributed by atoms with Crippen molar-refractivity contribution >= 4 is 40.7 Å². The average molecular weight is 433 g/mol. The SMILES string of the molecule is Sc1ccccc1/C=C/c1cn(-c2ccccc2)nc1-c1ccc(Br)cc1. The molecule has 4 aromatic rings. The van der Waals surface area contributed by atoms with E-state index in [1.165, 1.54) is 0 Å². The molecule has 4 heteroatoms. The van der Waals surface area contributed by atoms with Gasteiger partial charge in [0.25, 0.3) is 0 Å². The van der Waals surface area contributed by atoms with Gasteiger partial charge in [-0.3, -0.25) is 0 Å². The first-order valence-corrected chi connectivity index (χ1v) is 9.82. The number of rotatable bonds is 4. The minimum Gasteiger partial charge on any atom is -0.240 e. The summed E-state index contributed by atoms with van der Waals surface area (Å²) in [4.78, 5) is 0.953. The number of thiol groups is 1. The van der Waals surface area contributed by atoms with Crippen LogP contribution in [0.15, 0.2) is 94.4 Å². The third-order valence-corrected chi connectivity index (χ3v) is 5.20. The molecule has 4 rings (SSSR count). The van der Waals surface area contributed by atoms with Crippen molar-refractivity contribution in [3.63, 3.8) is 0 Å². The first kappa shape index (κ1) is 17.8. The van der Waals surface area contributed by atoms with Crippen LogP contribution in [0.4, 0.5) is 0 Å². The van der Waals surface area contributed by atoms with E-state index in [1.54, 1.807) is 0 Å². The second kappa shape index (κ2) is 7.99. The van der Waals surface area contributed by atoms with Crippen LogP contribution in [0.5, 0.6) is 0 Å². The zero-order valence-corrected chi connectivity index (χ0v) is 16.9. The van der Waals surface area contributed by atoms with Crippen molar-refractivity contribution in [2.24, 2.45) is 0 Å². The first-order valence-electron chi connectivity index (χ1n) is 8.58. The van der Waals surface area contributed by atoms with E-state index in [0.29, 0.717) is 0 Å². The average Bonchev–Trinajstić information content (AvgIpc) is 3.13. The first-order chi connectivity index (χ1) is 13.2. The molecule has 0 saturated heterocycles. The zero-order valence-electron chi connectivity index (χ0n) is 14.5. The van der Waals surface area contributed by atoms with Gasteiger partial charge in [0.15, 0.2) is 0 Å². The lowest BCUT2D eigenvalue weighted by atomic mass is 10.1. The molecule has 0 amide bonds. The van der Waals surface area contributed by atoms with Crippen LogP contribution >= 0.6 is 28.6 Å². The quantitative estimate of drug-likeness (QED) is 0.352. The molecule has 0 unspecified atom stereocenters. The Bertz CT molecular complexity index is 1080. The molecule has 0 bridgehead atoms. The molecule has 0 aliphatic carbocycles. The smallest absolute Gasteiger partial charge is 0.0999 e. The van der Waals surface area contributed by atoms with E-state index >= 15 is 0 Å². The fraction of sp³-hybridized carbons (Fsp3) is 0. The molecule has 0 atom stereocenters. The van der Waals surface area contributed by atoms with Crippen molar-refractivity contribution in [2.75, 3.05) is 0 Å². The monoisotopic (exact) mass is 432 g/mol. The summed E-state index contributed by atoms with van der Waals surface area (Å²) in [5.41, 5.74) is 5.18. The van der Waals surface area contributed by atoms with Crippen molar-refractivity contribution in [1.82, 2.24) is 9.78 Å². The van der Waals surface area contributed by atoms with Crippen LogP contribution in [0.1, 0.15) is 11.1 Å².